The molecule has 1 heteroatoms. The molecule has 1 rings (SSSR count). The molecule has 0 heterocycles. The fourth-order valence-electron chi connectivity index (χ4n) is 1.56. The molecule has 0 bridgehead atoms. The van der Waals surface area contributed by atoms with Gasteiger partial charge < -0.3 is 5.11 Å². The molecule has 1 fully saturated rings. The molecule has 1 aliphatic carbocycles. The van der Waals surface area contributed by atoms with E-state index in [1.54, 1.807) is 6.08 Å². The van der Waals surface area contributed by atoms with Crippen LogP contribution >= 0.6 is 0 Å². The van der Waals surface area contributed by atoms with E-state index in [-0.39, 0.29) is 6.10 Å². The summed E-state index contributed by atoms with van der Waals surface area (Å²) in [5.74, 6) is 1.39. The van der Waals surface area contributed by atoms with Gasteiger partial charge in [0, 0.05) is 0 Å². The predicted molar refractivity (Wildman–Crippen MR) is 42.7 cm³/mol. The number of hydrogen-bond donors (Lipinski definition) is 1. The van der Waals surface area contributed by atoms with Crippen molar-refractivity contribution < 1.29 is 5.11 Å². The van der Waals surface area contributed by atoms with E-state index in [0.717, 1.165) is 12.3 Å². The zero-order valence-corrected chi connectivity index (χ0v) is 6.59. The van der Waals surface area contributed by atoms with Gasteiger partial charge in [-0.15, -0.1) is 6.58 Å². The molecular weight excluding hydrogens is 124 g/mol. The second-order valence-corrected chi connectivity index (χ2v) is 3.16. The van der Waals surface area contributed by atoms with Crippen LogP contribution in [0.5, 0.6) is 0 Å². The first-order chi connectivity index (χ1) is 4.79. The molecule has 0 amide bonds. The quantitative estimate of drug-likeness (QED) is 0.592. The van der Waals surface area contributed by atoms with Gasteiger partial charge in [0.1, 0.15) is 0 Å². The topological polar surface area (TPSA) is 20.2 Å². The molecule has 1 saturated carbocycles. The summed E-state index contributed by atoms with van der Waals surface area (Å²) in [4.78, 5) is 0. The van der Waals surface area contributed by atoms with Gasteiger partial charge in [-0.05, 0) is 24.7 Å². The average Bonchev–Trinajstić information content (AvgIpc) is 2.66. The fourth-order valence-corrected chi connectivity index (χ4v) is 1.56. The summed E-state index contributed by atoms with van der Waals surface area (Å²) in [7, 11) is 0. The Morgan fingerprint density at radius 3 is 2.90 bits per heavy atom. The molecule has 1 aliphatic rings. The summed E-state index contributed by atoms with van der Waals surface area (Å²) in [6.07, 6.45) is 4.91. The summed E-state index contributed by atoms with van der Waals surface area (Å²) in [5.41, 5.74) is 0. The van der Waals surface area contributed by atoms with Gasteiger partial charge >= 0.3 is 0 Å². The van der Waals surface area contributed by atoms with E-state index in [0.29, 0.717) is 5.92 Å². The summed E-state index contributed by atoms with van der Waals surface area (Å²) in [5, 5.41) is 9.42. The Kier molecular flexibility index (Phi) is 2.50. The Bertz CT molecular complexity index is 120. The van der Waals surface area contributed by atoms with Crippen LogP contribution in [0.15, 0.2) is 12.7 Å². The van der Waals surface area contributed by atoms with Gasteiger partial charge in [0.25, 0.3) is 0 Å². The monoisotopic (exact) mass is 140 g/mol. The van der Waals surface area contributed by atoms with E-state index in [2.05, 4.69) is 13.5 Å². The van der Waals surface area contributed by atoms with Crippen molar-refractivity contribution in [3.63, 3.8) is 0 Å². The molecule has 3 unspecified atom stereocenters. The molecular formula is C9H16O. The van der Waals surface area contributed by atoms with Crippen molar-refractivity contribution >= 4 is 0 Å². The van der Waals surface area contributed by atoms with Crippen LogP contribution in [0, 0.1) is 11.8 Å². The first-order valence-corrected chi connectivity index (χ1v) is 4.08. The first-order valence-electron chi connectivity index (χ1n) is 4.08. The van der Waals surface area contributed by atoms with Crippen molar-refractivity contribution in [1.29, 1.82) is 0 Å². The molecule has 58 valence electrons. The van der Waals surface area contributed by atoms with Crippen LogP contribution in [0.25, 0.3) is 0 Å². The number of hydrogen-bond acceptors (Lipinski definition) is 1. The van der Waals surface area contributed by atoms with Gasteiger partial charge in [-0.1, -0.05) is 19.4 Å². The summed E-state index contributed by atoms with van der Waals surface area (Å²) in [6.45, 7) is 5.79. The van der Waals surface area contributed by atoms with Crippen molar-refractivity contribution in [2.75, 3.05) is 0 Å². The Hall–Kier alpha value is -0.300. The van der Waals surface area contributed by atoms with Crippen molar-refractivity contribution in [3.8, 4) is 0 Å². The summed E-state index contributed by atoms with van der Waals surface area (Å²) in [6, 6.07) is 0. The molecule has 0 saturated heterocycles. The highest BCUT2D eigenvalue weighted by atomic mass is 16.3. The lowest BCUT2D eigenvalue weighted by Crippen LogP contribution is -2.08. The SMILES string of the molecule is C=CCC(O)C1CC1CC. The van der Waals surface area contributed by atoms with Crippen molar-refractivity contribution in [1.82, 2.24) is 0 Å². The zero-order chi connectivity index (χ0) is 7.56. The van der Waals surface area contributed by atoms with E-state index in [9.17, 15) is 5.11 Å². The van der Waals surface area contributed by atoms with Crippen molar-refractivity contribution in [2.45, 2.75) is 32.3 Å². The van der Waals surface area contributed by atoms with E-state index in [1.807, 2.05) is 0 Å². The maximum atomic E-state index is 9.42. The lowest BCUT2D eigenvalue weighted by molar-refractivity contribution is 0.147. The standard InChI is InChI=1S/C9H16O/c1-3-5-9(10)8-6-7(8)4-2/h3,7-10H,1,4-6H2,2H3. The Morgan fingerprint density at radius 1 is 1.80 bits per heavy atom. The average molecular weight is 140 g/mol. The van der Waals surface area contributed by atoms with Gasteiger partial charge in [0.2, 0.25) is 0 Å². The Morgan fingerprint density at radius 2 is 2.50 bits per heavy atom. The molecule has 0 aromatic carbocycles. The van der Waals surface area contributed by atoms with Gasteiger partial charge in [-0.25, -0.2) is 0 Å². The van der Waals surface area contributed by atoms with Crippen LogP contribution in [-0.4, -0.2) is 11.2 Å². The number of aliphatic hydroxyl groups excluding tert-OH is 1. The van der Waals surface area contributed by atoms with Crippen LogP contribution in [-0.2, 0) is 0 Å². The van der Waals surface area contributed by atoms with E-state index in [4.69, 9.17) is 0 Å². The normalized spacial score (nSPS) is 33.4. The minimum absolute atomic E-state index is 0.109. The Balaban J connectivity index is 2.18. The molecule has 0 aromatic rings. The van der Waals surface area contributed by atoms with Crippen LogP contribution in [0.3, 0.4) is 0 Å². The molecule has 10 heavy (non-hydrogen) atoms. The van der Waals surface area contributed by atoms with E-state index in [1.165, 1.54) is 12.8 Å². The first kappa shape index (κ1) is 7.80. The fraction of sp³-hybridized carbons (Fsp3) is 0.778. The lowest BCUT2D eigenvalue weighted by atomic mass is 10.1. The minimum Gasteiger partial charge on any atom is -0.393 e. The third-order valence-corrected chi connectivity index (χ3v) is 2.40. The van der Waals surface area contributed by atoms with Gasteiger partial charge in [-0.3, -0.25) is 0 Å². The largest absolute Gasteiger partial charge is 0.393 e. The third-order valence-electron chi connectivity index (χ3n) is 2.40. The Labute approximate surface area is 62.8 Å². The third kappa shape index (κ3) is 1.60. The second kappa shape index (κ2) is 3.20. The molecule has 0 radical (unpaired) electrons. The van der Waals surface area contributed by atoms with E-state index >= 15 is 0 Å². The maximum Gasteiger partial charge on any atom is 0.0605 e. The van der Waals surface area contributed by atoms with Gasteiger partial charge in [0.15, 0.2) is 0 Å². The van der Waals surface area contributed by atoms with Gasteiger partial charge in [0.05, 0.1) is 6.10 Å². The number of aliphatic hydroxyl groups is 1. The maximum absolute atomic E-state index is 9.42. The molecule has 1 nitrogen and oxygen atoms in total. The number of rotatable bonds is 4. The highest BCUT2D eigenvalue weighted by molar-refractivity contribution is 4.92. The zero-order valence-electron chi connectivity index (χ0n) is 6.59. The molecule has 0 aromatic heterocycles. The van der Waals surface area contributed by atoms with Crippen LogP contribution in [0.4, 0.5) is 0 Å². The van der Waals surface area contributed by atoms with Crippen LogP contribution in [0.1, 0.15) is 26.2 Å². The predicted octanol–water partition coefficient (Wildman–Crippen LogP) is 1.97. The highest BCUT2D eigenvalue weighted by Crippen LogP contribution is 2.44. The molecule has 1 N–H and O–H groups in total. The molecule has 0 aliphatic heterocycles. The molecule has 0 spiro atoms. The smallest absolute Gasteiger partial charge is 0.0605 e. The van der Waals surface area contributed by atoms with E-state index < -0.39 is 0 Å². The highest BCUT2D eigenvalue weighted by Gasteiger charge is 2.39. The summed E-state index contributed by atoms with van der Waals surface area (Å²) < 4.78 is 0. The van der Waals surface area contributed by atoms with Crippen LogP contribution in [0.2, 0.25) is 0 Å². The van der Waals surface area contributed by atoms with Crippen LogP contribution < -0.4 is 0 Å². The van der Waals surface area contributed by atoms with Gasteiger partial charge in [-0.2, -0.15) is 0 Å². The summed E-state index contributed by atoms with van der Waals surface area (Å²) >= 11 is 0. The molecule has 3 atom stereocenters. The van der Waals surface area contributed by atoms with Crippen molar-refractivity contribution in [3.05, 3.63) is 12.7 Å². The second-order valence-electron chi connectivity index (χ2n) is 3.16. The minimum atomic E-state index is -0.109. The van der Waals surface area contributed by atoms with Crippen molar-refractivity contribution in [2.24, 2.45) is 11.8 Å². The lowest BCUT2D eigenvalue weighted by Gasteiger charge is -2.04.